The van der Waals surface area contributed by atoms with Gasteiger partial charge in [0.25, 0.3) is 5.89 Å². The van der Waals surface area contributed by atoms with E-state index in [4.69, 9.17) is 25.6 Å². The van der Waals surface area contributed by atoms with Crippen LogP contribution in [0, 0.1) is 0 Å². The Hall–Kier alpha value is -2.93. The van der Waals surface area contributed by atoms with Crippen molar-refractivity contribution >= 4 is 17.6 Å². The van der Waals surface area contributed by atoms with Crippen molar-refractivity contribution in [3.05, 3.63) is 59.2 Å². The molecule has 0 saturated carbocycles. The van der Waals surface area contributed by atoms with E-state index in [1.807, 2.05) is 31.2 Å². The fraction of sp³-hybridized carbons (Fsp3) is 0.176. The average molecular weight is 360 g/mol. The van der Waals surface area contributed by atoms with Crippen LogP contribution in [0.2, 0.25) is 5.15 Å². The van der Waals surface area contributed by atoms with Gasteiger partial charge in [0.15, 0.2) is 6.61 Å². The Labute approximate surface area is 148 Å². The van der Waals surface area contributed by atoms with Crippen LogP contribution in [0.1, 0.15) is 23.2 Å². The van der Waals surface area contributed by atoms with Crippen molar-refractivity contribution in [1.82, 2.24) is 15.1 Å². The fourth-order valence-corrected chi connectivity index (χ4v) is 2.30. The van der Waals surface area contributed by atoms with Crippen molar-refractivity contribution in [3.8, 4) is 17.1 Å². The third-order valence-corrected chi connectivity index (χ3v) is 3.50. The van der Waals surface area contributed by atoms with Gasteiger partial charge in [-0.05, 0) is 31.2 Å². The lowest BCUT2D eigenvalue weighted by Gasteiger charge is -2.06. The van der Waals surface area contributed by atoms with Gasteiger partial charge in [0.1, 0.15) is 10.9 Å². The molecule has 0 amide bonds. The molecule has 7 nitrogen and oxygen atoms in total. The highest BCUT2D eigenvalue weighted by Gasteiger charge is 2.16. The minimum Gasteiger partial charge on any atom is -0.493 e. The van der Waals surface area contributed by atoms with Gasteiger partial charge in [0.05, 0.1) is 17.7 Å². The summed E-state index contributed by atoms with van der Waals surface area (Å²) in [5.74, 6) is 0.549. The van der Waals surface area contributed by atoms with E-state index in [-0.39, 0.29) is 23.2 Å². The number of nitrogens with zero attached hydrogens (tertiary/aromatic N) is 3. The zero-order valence-corrected chi connectivity index (χ0v) is 14.1. The third kappa shape index (κ3) is 3.95. The third-order valence-electron chi connectivity index (χ3n) is 3.20. The normalized spacial score (nSPS) is 10.5. The van der Waals surface area contributed by atoms with Gasteiger partial charge in [0.2, 0.25) is 5.82 Å². The number of esters is 1. The van der Waals surface area contributed by atoms with Crippen LogP contribution in [0.15, 0.2) is 47.1 Å². The number of rotatable bonds is 6. The number of hydrogen-bond donors (Lipinski definition) is 0. The van der Waals surface area contributed by atoms with Gasteiger partial charge >= 0.3 is 5.97 Å². The molecule has 0 N–H and O–H groups in total. The number of aromatic nitrogens is 3. The number of ether oxygens (including phenoxy) is 2. The molecule has 0 unspecified atom stereocenters. The number of benzene rings is 1. The highest BCUT2D eigenvalue weighted by molar-refractivity contribution is 6.32. The maximum absolute atomic E-state index is 12.0. The molecule has 0 aliphatic carbocycles. The van der Waals surface area contributed by atoms with Gasteiger partial charge in [-0.1, -0.05) is 28.9 Å². The lowest BCUT2D eigenvalue weighted by molar-refractivity contribution is 0.0429. The van der Waals surface area contributed by atoms with Crippen LogP contribution in [0.3, 0.4) is 0 Å². The van der Waals surface area contributed by atoms with Crippen LogP contribution in [0.4, 0.5) is 0 Å². The maximum Gasteiger partial charge on any atom is 0.341 e. The van der Waals surface area contributed by atoms with Crippen molar-refractivity contribution in [3.63, 3.8) is 0 Å². The Kier molecular flexibility index (Phi) is 5.25. The summed E-state index contributed by atoms with van der Waals surface area (Å²) in [6, 6.07) is 10.5. The largest absolute Gasteiger partial charge is 0.493 e. The smallest absolute Gasteiger partial charge is 0.341 e. The molecule has 0 aliphatic heterocycles. The molecule has 0 fully saturated rings. The summed E-state index contributed by atoms with van der Waals surface area (Å²) >= 11 is 5.85. The quantitative estimate of drug-likeness (QED) is 0.491. The molecule has 0 aliphatic rings. The first-order valence-corrected chi connectivity index (χ1v) is 7.89. The Bertz CT molecular complexity index is 882. The molecule has 128 valence electrons. The van der Waals surface area contributed by atoms with Crippen LogP contribution in [-0.2, 0) is 11.3 Å². The van der Waals surface area contributed by atoms with Crippen LogP contribution in [0.5, 0.6) is 5.75 Å². The van der Waals surface area contributed by atoms with Gasteiger partial charge in [-0.15, -0.1) is 0 Å². The summed E-state index contributed by atoms with van der Waals surface area (Å²) in [6.07, 6.45) is 1.49. The number of halogens is 1. The van der Waals surface area contributed by atoms with Crippen molar-refractivity contribution in [1.29, 1.82) is 0 Å². The monoisotopic (exact) mass is 359 g/mol. The molecule has 2 heterocycles. The van der Waals surface area contributed by atoms with Crippen molar-refractivity contribution < 1.29 is 18.8 Å². The van der Waals surface area contributed by atoms with E-state index < -0.39 is 5.97 Å². The second kappa shape index (κ2) is 7.76. The van der Waals surface area contributed by atoms with Gasteiger partial charge < -0.3 is 14.0 Å². The van der Waals surface area contributed by atoms with Crippen molar-refractivity contribution in [2.75, 3.05) is 6.61 Å². The molecule has 0 saturated heterocycles. The first-order chi connectivity index (χ1) is 12.2. The predicted octanol–water partition coefficient (Wildman–Crippen LogP) is 3.54. The molecule has 0 spiro atoms. The first kappa shape index (κ1) is 16.9. The number of para-hydroxylation sites is 1. The van der Waals surface area contributed by atoms with E-state index in [0.29, 0.717) is 23.7 Å². The Balaban J connectivity index is 1.70. The maximum atomic E-state index is 12.0. The minimum absolute atomic E-state index is 0.0735. The van der Waals surface area contributed by atoms with E-state index in [1.165, 1.54) is 12.3 Å². The number of pyridine rings is 1. The zero-order valence-electron chi connectivity index (χ0n) is 13.3. The molecule has 3 rings (SSSR count). The summed E-state index contributed by atoms with van der Waals surface area (Å²) in [7, 11) is 0. The molecule has 25 heavy (non-hydrogen) atoms. The fourth-order valence-electron chi connectivity index (χ4n) is 2.10. The topological polar surface area (TPSA) is 87.3 Å². The molecule has 3 aromatic rings. The summed E-state index contributed by atoms with van der Waals surface area (Å²) in [6.45, 7) is 2.24. The summed E-state index contributed by atoms with van der Waals surface area (Å²) < 4.78 is 15.8. The number of hydrogen-bond acceptors (Lipinski definition) is 7. The van der Waals surface area contributed by atoms with Crippen molar-refractivity contribution in [2.24, 2.45) is 0 Å². The Morgan fingerprint density at radius 1 is 1.24 bits per heavy atom. The number of carbonyl (C=O) groups excluding carboxylic acids is 1. The molecule has 8 heteroatoms. The summed E-state index contributed by atoms with van der Waals surface area (Å²) in [5.41, 5.74) is 0.867. The molecule has 0 bridgehead atoms. The van der Waals surface area contributed by atoms with E-state index in [0.717, 1.165) is 0 Å². The van der Waals surface area contributed by atoms with E-state index in [2.05, 4.69) is 15.1 Å². The van der Waals surface area contributed by atoms with Crippen LogP contribution in [0.25, 0.3) is 11.4 Å². The van der Waals surface area contributed by atoms with Crippen molar-refractivity contribution in [2.45, 2.75) is 13.5 Å². The van der Waals surface area contributed by atoms with Crippen LogP contribution < -0.4 is 4.74 Å². The molecule has 0 atom stereocenters. The molecular weight excluding hydrogens is 346 g/mol. The minimum atomic E-state index is -0.618. The summed E-state index contributed by atoms with van der Waals surface area (Å²) in [4.78, 5) is 20.1. The molecular formula is C17H14ClN3O4. The SMILES string of the molecule is CCOc1ccccc1-c1noc(COC(=O)c2cccnc2Cl)n1. The highest BCUT2D eigenvalue weighted by Crippen LogP contribution is 2.27. The summed E-state index contributed by atoms with van der Waals surface area (Å²) in [5, 5.41) is 3.98. The standard InChI is InChI=1S/C17H14ClN3O4/c1-2-23-13-8-4-3-6-11(13)16-20-14(25-21-16)10-24-17(22)12-7-5-9-19-15(12)18/h3-9H,2,10H2,1H3. The second-order valence-corrected chi connectivity index (χ2v) is 5.22. The molecule has 0 radical (unpaired) electrons. The lowest BCUT2D eigenvalue weighted by atomic mass is 10.2. The van der Waals surface area contributed by atoms with Gasteiger partial charge in [-0.3, -0.25) is 0 Å². The van der Waals surface area contributed by atoms with E-state index >= 15 is 0 Å². The van der Waals surface area contributed by atoms with Gasteiger partial charge in [0, 0.05) is 6.20 Å². The first-order valence-electron chi connectivity index (χ1n) is 7.51. The highest BCUT2D eigenvalue weighted by atomic mass is 35.5. The number of carbonyl (C=O) groups is 1. The predicted molar refractivity (Wildman–Crippen MR) is 89.3 cm³/mol. The Morgan fingerprint density at radius 3 is 2.88 bits per heavy atom. The Morgan fingerprint density at radius 2 is 2.08 bits per heavy atom. The van der Waals surface area contributed by atoms with Crippen LogP contribution in [-0.4, -0.2) is 27.7 Å². The molecule has 1 aromatic carbocycles. The molecule has 2 aromatic heterocycles. The van der Waals surface area contributed by atoms with Gasteiger partial charge in [-0.25, -0.2) is 9.78 Å². The van der Waals surface area contributed by atoms with Gasteiger partial charge in [-0.2, -0.15) is 4.98 Å². The van der Waals surface area contributed by atoms with E-state index in [9.17, 15) is 4.79 Å². The zero-order chi connectivity index (χ0) is 17.6. The second-order valence-electron chi connectivity index (χ2n) is 4.86. The van der Waals surface area contributed by atoms with E-state index in [1.54, 1.807) is 6.07 Å². The van der Waals surface area contributed by atoms with Crippen LogP contribution >= 0.6 is 11.6 Å². The lowest BCUT2D eigenvalue weighted by Crippen LogP contribution is -2.06. The average Bonchev–Trinajstić information content (AvgIpc) is 3.10.